The van der Waals surface area contributed by atoms with E-state index in [2.05, 4.69) is 47.7 Å². The van der Waals surface area contributed by atoms with E-state index in [1.807, 2.05) is 6.07 Å². The van der Waals surface area contributed by atoms with E-state index in [1.165, 1.54) is 12.1 Å². The highest BCUT2D eigenvalue weighted by Crippen LogP contribution is 2.18. The Morgan fingerprint density at radius 1 is 1.33 bits per heavy atom. The molecule has 0 radical (unpaired) electrons. The smallest absolute Gasteiger partial charge is 0.125 e. The molecule has 0 bridgehead atoms. The van der Waals surface area contributed by atoms with Crippen LogP contribution in [-0.4, -0.2) is 47.7 Å². The maximum Gasteiger partial charge on any atom is 0.125 e. The first-order chi connectivity index (χ1) is 9.97. The van der Waals surface area contributed by atoms with E-state index in [-0.39, 0.29) is 5.82 Å². The number of likely N-dealkylation sites (N-methyl/N-ethyl adjacent to an activating group) is 1. The lowest BCUT2D eigenvalue weighted by Gasteiger charge is -2.14. The van der Waals surface area contributed by atoms with E-state index >= 15 is 0 Å². The highest BCUT2D eigenvalue weighted by molar-refractivity contribution is 5.76. The summed E-state index contributed by atoms with van der Waals surface area (Å²) in [7, 11) is 4.11. The number of hydrogen-bond donors (Lipinski definition) is 1. The van der Waals surface area contributed by atoms with Gasteiger partial charge in [-0.25, -0.2) is 9.37 Å². The molecule has 0 amide bonds. The van der Waals surface area contributed by atoms with Crippen molar-refractivity contribution >= 4 is 11.0 Å². The zero-order valence-corrected chi connectivity index (χ0v) is 13.4. The molecule has 0 saturated heterocycles. The van der Waals surface area contributed by atoms with Gasteiger partial charge in [0.25, 0.3) is 0 Å². The summed E-state index contributed by atoms with van der Waals surface area (Å²) in [5.41, 5.74) is 1.76. The third-order valence-electron chi connectivity index (χ3n) is 3.46. The van der Waals surface area contributed by atoms with E-state index in [4.69, 9.17) is 0 Å². The van der Waals surface area contributed by atoms with Crippen molar-refractivity contribution < 1.29 is 4.39 Å². The molecule has 2 aromatic rings. The Bertz CT molecular complexity index is 589. The van der Waals surface area contributed by atoms with Crippen molar-refractivity contribution in [2.45, 2.75) is 32.9 Å². The molecule has 0 spiro atoms. The molecule has 21 heavy (non-hydrogen) atoms. The molecule has 1 aromatic heterocycles. The van der Waals surface area contributed by atoms with Crippen molar-refractivity contribution in [2.75, 3.05) is 27.2 Å². The molecule has 1 heterocycles. The first-order valence-electron chi connectivity index (χ1n) is 7.50. The van der Waals surface area contributed by atoms with Gasteiger partial charge in [0.1, 0.15) is 11.6 Å². The first-order valence-corrected chi connectivity index (χ1v) is 7.50. The number of rotatable bonds is 7. The number of halogens is 1. The molecule has 116 valence electrons. The first kappa shape index (κ1) is 15.9. The van der Waals surface area contributed by atoms with Gasteiger partial charge in [0.2, 0.25) is 0 Å². The van der Waals surface area contributed by atoms with Gasteiger partial charge < -0.3 is 14.8 Å². The number of aromatic nitrogens is 2. The maximum atomic E-state index is 13.4. The molecule has 0 fully saturated rings. The van der Waals surface area contributed by atoms with Crippen LogP contribution < -0.4 is 5.32 Å². The normalized spacial score (nSPS) is 12.0. The lowest BCUT2D eigenvalue weighted by molar-refractivity contribution is 0.383. The van der Waals surface area contributed by atoms with E-state index in [0.29, 0.717) is 6.04 Å². The van der Waals surface area contributed by atoms with Crippen molar-refractivity contribution in [2.24, 2.45) is 0 Å². The fourth-order valence-corrected chi connectivity index (χ4v) is 2.37. The topological polar surface area (TPSA) is 33.1 Å². The van der Waals surface area contributed by atoms with Gasteiger partial charge >= 0.3 is 0 Å². The molecule has 0 aliphatic rings. The summed E-state index contributed by atoms with van der Waals surface area (Å²) in [4.78, 5) is 6.76. The van der Waals surface area contributed by atoms with Crippen LogP contribution in [0.15, 0.2) is 18.2 Å². The summed E-state index contributed by atoms with van der Waals surface area (Å²) in [5.74, 6) is 0.789. The Labute approximate surface area is 126 Å². The fourth-order valence-electron chi connectivity index (χ4n) is 2.37. The molecule has 2 rings (SSSR count). The zero-order chi connectivity index (χ0) is 15.4. The van der Waals surface area contributed by atoms with Crippen LogP contribution in [0.1, 0.15) is 19.7 Å². The van der Waals surface area contributed by atoms with E-state index in [1.54, 1.807) is 0 Å². The summed E-state index contributed by atoms with van der Waals surface area (Å²) in [6, 6.07) is 5.31. The summed E-state index contributed by atoms with van der Waals surface area (Å²) in [5, 5.41) is 3.40. The van der Waals surface area contributed by atoms with Crippen LogP contribution >= 0.6 is 0 Å². The van der Waals surface area contributed by atoms with E-state index < -0.39 is 0 Å². The number of nitrogens with one attached hydrogen (secondary N) is 1. The third-order valence-corrected chi connectivity index (χ3v) is 3.46. The van der Waals surface area contributed by atoms with Crippen LogP contribution in [0.5, 0.6) is 0 Å². The Balaban J connectivity index is 2.25. The predicted octanol–water partition coefficient (Wildman–Crippen LogP) is 2.28. The number of benzene rings is 1. The van der Waals surface area contributed by atoms with Gasteiger partial charge in [-0.1, -0.05) is 13.8 Å². The average Bonchev–Trinajstić information content (AvgIpc) is 2.72. The van der Waals surface area contributed by atoms with Gasteiger partial charge in [-0.15, -0.1) is 0 Å². The lowest BCUT2D eigenvalue weighted by Crippen LogP contribution is -2.26. The van der Waals surface area contributed by atoms with Crippen LogP contribution in [0.2, 0.25) is 0 Å². The average molecular weight is 292 g/mol. The molecule has 0 aliphatic carbocycles. The molecule has 1 aromatic carbocycles. The number of fused-ring (bicyclic) bond motifs is 1. The maximum absolute atomic E-state index is 13.4. The summed E-state index contributed by atoms with van der Waals surface area (Å²) in [6.45, 7) is 6.94. The van der Waals surface area contributed by atoms with Crippen LogP contribution in [0.4, 0.5) is 4.39 Å². The van der Waals surface area contributed by atoms with Gasteiger partial charge in [-0.3, -0.25) is 0 Å². The van der Waals surface area contributed by atoms with Crippen molar-refractivity contribution in [3.63, 3.8) is 0 Å². The minimum absolute atomic E-state index is 0.230. The largest absolute Gasteiger partial charge is 0.327 e. The quantitative estimate of drug-likeness (QED) is 0.850. The molecule has 5 heteroatoms. The van der Waals surface area contributed by atoms with Crippen LogP contribution in [-0.2, 0) is 13.0 Å². The molecule has 0 unspecified atom stereocenters. The van der Waals surface area contributed by atoms with Gasteiger partial charge in [0, 0.05) is 38.2 Å². The van der Waals surface area contributed by atoms with E-state index in [9.17, 15) is 4.39 Å². The molecule has 0 atom stereocenters. The Morgan fingerprint density at radius 2 is 2.10 bits per heavy atom. The van der Waals surface area contributed by atoms with Crippen LogP contribution in [0.25, 0.3) is 11.0 Å². The number of hydrogen-bond acceptors (Lipinski definition) is 3. The minimum atomic E-state index is -0.230. The molecular formula is C16H25FN4. The highest BCUT2D eigenvalue weighted by atomic mass is 19.1. The third kappa shape index (κ3) is 4.25. The molecule has 0 aliphatic heterocycles. The molecular weight excluding hydrogens is 267 g/mol. The van der Waals surface area contributed by atoms with Gasteiger partial charge in [-0.2, -0.15) is 0 Å². The number of imidazole rings is 1. The predicted molar refractivity (Wildman–Crippen MR) is 85.1 cm³/mol. The molecule has 0 saturated carbocycles. The van der Waals surface area contributed by atoms with Gasteiger partial charge in [0.15, 0.2) is 0 Å². The Kier molecular flexibility index (Phi) is 5.31. The summed E-state index contributed by atoms with van der Waals surface area (Å²) in [6.07, 6.45) is 0.849. The van der Waals surface area contributed by atoms with Gasteiger partial charge in [-0.05, 0) is 26.2 Å². The van der Waals surface area contributed by atoms with Crippen LogP contribution in [0.3, 0.4) is 0 Å². The zero-order valence-electron chi connectivity index (χ0n) is 13.4. The Morgan fingerprint density at radius 3 is 2.76 bits per heavy atom. The van der Waals surface area contributed by atoms with Crippen molar-refractivity contribution in [1.82, 2.24) is 19.8 Å². The molecule has 1 N–H and O–H groups in total. The SMILES string of the molecule is CC(C)NCCc1nc2cc(F)ccc2n1CCN(C)C. The Hall–Kier alpha value is -1.46. The second-order valence-electron chi connectivity index (χ2n) is 5.97. The number of nitrogens with zero attached hydrogens (tertiary/aromatic N) is 3. The van der Waals surface area contributed by atoms with Crippen molar-refractivity contribution in [3.8, 4) is 0 Å². The fraction of sp³-hybridized carbons (Fsp3) is 0.562. The van der Waals surface area contributed by atoms with Crippen molar-refractivity contribution in [1.29, 1.82) is 0 Å². The minimum Gasteiger partial charge on any atom is -0.327 e. The van der Waals surface area contributed by atoms with Gasteiger partial charge in [0.05, 0.1) is 11.0 Å². The standard InChI is InChI=1S/C16H25FN4/c1-12(2)18-8-7-16-19-14-11-13(17)5-6-15(14)21(16)10-9-20(3)4/h5-6,11-12,18H,7-10H2,1-4H3. The summed E-state index contributed by atoms with van der Waals surface area (Å²) >= 11 is 0. The van der Waals surface area contributed by atoms with Crippen LogP contribution in [0, 0.1) is 5.82 Å². The summed E-state index contributed by atoms with van der Waals surface area (Å²) < 4.78 is 15.6. The van der Waals surface area contributed by atoms with E-state index in [0.717, 1.165) is 42.9 Å². The highest BCUT2D eigenvalue weighted by Gasteiger charge is 2.11. The second kappa shape index (κ2) is 7.00. The molecule has 4 nitrogen and oxygen atoms in total. The second-order valence-corrected chi connectivity index (χ2v) is 5.97. The monoisotopic (exact) mass is 292 g/mol. The van der Waals surface area contributed by atoms with Crippen molar-refractivity contribution in [3.05, 3.63) is 29.8 Å². The lowest BCUT2D eigenvalue weighted by atomic mass is 10.3.